The third-order valence-corrected chi connectivity index (χ3v) is 2.15. The highest BCUT2D eigenvalue weighted by Gasteiger charge is 2.00. The SMILES string of the molecule is CCCC/C=C/CC(=O)Oc1ccccc1. The maximum Gasteiger partial charge on any atom is 0.315 e. The molecular formula is C14H18O2. The monoisotopic (exact) mass is 218 g/mol. The minimum absolute atomic E-state index is 0.209. The van der Waals surface area contributed by atoms with Crippen molar-refractivity contribution in [1.82, 2.24) is 0 Å². The second kappa shape index (κ2) is 7.69. The number of rotatable bonds is 6. The molecule has 0 amide bonds. The number of para-hydroxylation sites is 1. The van der Waals surface area contributed by atoms with E-state index < -0.39 is 0 Å². The lowest BCUT2D eigenvalue weighted by molar-refractivity contribution is -0.133. The van der Waals surface area contributed by atoms with Crippen LogP contribution in [0.5, 0.6) is 5.75 Å². The summed E-state index contributed by atoms with van der Waals surface area (Å²) in [5, 5.41) is 0. The third-order valence-electron chi connectivity index (χ3n) is 2.15. The highest BCUT2D eigenvalue weighted by atomic mass is 16.5. The van der Waals surface area contributed by atoms with Gasteiger partial charge in [-0.1, -0.05) is 50.1 Å². The molecule has 86 valence electrons. The zero-order chi connectivity index (χ0) is 11.6. The van der Waals surface area contributed by atoms with Gasteiger partial charge in [-0.05, 0) is 18.6 Å². The van der Waals surface area contributed by atoms with Gasteiger partial charge in [0.1, 0.15) is 5.75 Å². The van der Waals surface area contributed by atoms with E-state index in [1.165, 1.54) is 12.8 Å². The van der Waals surface area contributed by atoms with E-state index in [1.807, 2.05) is 30.4 Å². The Morgan fingerprint density at radius 2 is 2.00 bits per heavy atom. The Kier molecular flexibility index (Phi) is 6.00. The van der Waals surface area contributed by atoms with Crippen LogP contribution >= 0.6 is 0 Å². The van der Waals surface area contributed by atoms with E-state index in [9.17, 15) is 4.79 Å². The summed E-state index contributed by atoms with van der Waals surface area (Å²) in [6.07, 6.45) is 7.65. The number of allylic oxidation sites excluding steroid dienone is 1. The van der Waals surface area contributed by atoms with Gasteiger partial charge in [-0.2, -0.15) is 0 Å². The summed E-state index contributed by atoms with van der Waals surface area (Å²) in [6, 6.07) is 9.14. The minimum Gasteiger partial charge on any atom is -0.426 e. The molecular weight excluding hydrogens is 200 g/mol. The molecule has 0 aliphatic carbocycles. The molecule has 1 rings (SSSR count). The van der Waals surface area contributed by atoms with Gasteiger partial charge in [0, 0.05) is 0 Å². The van der Waals surface area contributed by atoms with E-state index in [1.54, 1.807) is 12.1 Å². The molecule has 0 saturated carbocycles. The van der Waals surface area contributed by atoms with Crippen molar-refractivity contribution in [3.8, 4) is 5.75 Å². The van der Waals surface area contributed by atoms with Crippen molar-refractivity contribution >= 4 is 5.97 Å². The van der Waals surface area contributed by atoms with Gasteiger partial charge in [0.25, 0.3) is 0 Å². The number of unbranched alkanes of at least 4 members (excludes halogenated alkanes) is 2. The van der Waals surface area contributed by atoms with Gasteiger partial charge < -0.3 is 4.74 Å². The molecule has 0 aliphatic heterocycles. The Morgan fingerprint density at radius 1 is 1.25 bits per heavy atom. The Hall–Kier alpha value is -1.57. The summed E-state index contributed by atoms with van der Waals surface area (Å²) >= 11 is 0. The van der Waals surface area contributed by atoms with Crippen molar-refractivity contribution < 1.29 is 9.53 Å². The second-order valence-corrected chi connectivity index (χ2v) is 3.60. The van der Waals surface area contributed by atoms with Crippen LogP contribution in [0.1, 0.15) is 32.6 Å². The maximum absolute atomic E-state index is 11.4. The van der Waals surface area contributed by atoms with E-state index in [0.717, 1.165) is 6.42 Å². The van der Waals surface area contributed by atoms with Crippen LogP contribution in [0.25, 0.3) is 0 Å². The largest absolute Gasteiger partial charge is 0.426 e. The Balaban J connectivity index is 2.24. The molecule has 0 aliphatic rings. The Bertz CT molecular complexity index is 328. The number of benzene rings is 1. The summed E-state index contributed by atoms with van der Waals surface area (Å²) in [7, 11) is 0. The van der Waals surface area contributed by atoms with Crippen LogP contribution in [0.15, 0.2) is 42.5 Å². The first-order valence-corrected chi connectivity index (χ1v) is 5.73. The zero-order valence-electron chi connectivity index (χ0n) is 9.69. The van der Waals surface area contributed by atoms with E-state index in [2.05, 4.69) is 6.92 Å². The van der Waals surface area contributed by atoms with Crippen molar-refractivity contribution in [2.75, 3.05) is 0 Å². The third kappa shape index (κ3) is 5.35. The summed E-state index contributed by atoms with van der Waals surface area (Å²) < 4.78 is 5.13. The minimum atomic E-state index is -0.209. The van der Waals surface area contributed by atoms with Gasteiger partial charge in [-0.25, -0.2) is 0 Å². The first kappa shape index (κ1) is 12.5. The molecule has 0 radical (unpaired) electrons. The van der Waals surface area contributed by atoms with Crippen LogP contribution in [0.3, 0.4) is 0 Å². The number of hydrogen-bond acceptors (Lipinski definition) is 2. The van der Waals surface area contributed by atoms with Gasteiger partial charge in [-0.15, -0.1) is 0 Å². The quantitative estimate of drug-likeness (QED) is 0.315. The highest BCUT2D eigenvalue weighted by molar-refractivity contribution is 5.73. The maximum atomic E-state index is 11.4. The fourth-order valence-electron chi connectivity index (χ4n) is 1.28. The Morgan fingerprint density at radius 3 is 2.69 bits per heavy atom. The lowest BCUT2D eigenvalue weighted by atomic mass is 10.2. The van der Waals surface area contributed by atoms with Gasteiger partial charge in [-0.3, -0.25) is 4.79 Å². The smallest absolute Gasteiger partial charge is 0.315 e. The van der Waals surface area contributed by atoms with Crippen molar-refractivity contribution in [1.29, 1.82) is 0 Å². The molecule has 0 N–H and O–H groups in total. The molecule has 0 unspecified atom stereocenters. The fourth-order valence-corrected chi connectivity index (χ4v) is 1.28. The molecule has 0 saturated heterocycles. The highest BCUT2D eigenvalue weighted by Crippen LogP contribution is 2.09. The van der Waals surface area contributed by atoms with Crippen LogP contribution < -0.4 is 4.74 Å². The standard InChI is InChI=1S/C14H18O2/c1-2-3-4-5-9-12-14(15)16-13-10-7-6-8-11-13/h5-11H,2-4,12H2,1H3/b9-5+. The predicted octanol–water partition coefficient (Wildman–Crippen LogP) is 3.73. The zero-order valence-corrected chi connectivity index (χ0v) is 9.69. The van der Waals surface area contributed by atoms with Gasteiger partial charge in [0.15, 0.2) is 0 Å². The molecule has 0 fully saturated rings. The van der Waals surface area contributed by atoms with Crippen molar-refractivity contribution in [3.05, 3.63) is 42.5 Å². The molecule has 1 aromatic carbocycles. The van der Waals surface area contributed by atoms with Crippen LogP contribution in [0.2, 0.25) is 0 Å². The van der Waals surface area contributed by atoms with Gasteiger partial charge >= 0.3 is 5.97 Å². The number of hydrogen-bond donors (Lipinski definition) is 0. The van der Waals surface area contributed by atoms with E-state index >= 15 is 0 Å². The molecule has 16 heavy (non-hydrogen) atoms. The molecule has 2 nitrogen and oxygen atoms in total. The number of carbonyl (C=O) groups is 1. The predicted molar refractivity (Wildman–Crippen MR) is 65.4 cm³/mol. The first-order chi connectivity index (χ1) is 7.83. The average Bonchev–Trinajstić information content (AvgIpc) is 2.30. The van der Waals surface area contributed by atoms with Crippen molar-refractivity contribution in [2.24, 2.45) is 0 Å². The van der Waals surface area contributed by atoms with Gasteiger partial charge in [0.2, 0.25) is 0 Å². The topological polar surface area (TPSA) is 26.3 Å². The van der Waals surface area contributed by atoms with E-state index in [0.29, 0.717) is 12.2 Å². The number of carbonyl (C=O) groups excluding carboxylic acids is 1. The summed E-state index contributed by atoms with van der Waals surface area (Å²) in [4.78, 5) is 11.4. The molecule has 1 aromatic rings. The summed E-state index contributed by atoms with van der Waals surface area (Å²) in [6.45, 7) is 2.15. The number of ether oxygens (including phenoxy) is 1. The molecule has 2 heteroatoms. The normalized spacial score (nSPS) is 10.6. The van der Waals surface area contributed by atoms with Crippen LogP contribution in [0.4, 0.5) is 0 Å². The van der Waals surface area contributed by atoms with Crippen LogP contribution in [-0.2, 0) is 4.79 Å². The fraction of sp³-hybridized carbons (Fsp3) is 0.357. The van der Waals surface area contributed by atoms with Crippen molar-refractivity contribution in [3.63, 3.8) is 0 Å². The average molecular weight is 218 g/mol. The van der Waals surface area contributed by atoms with Crippen LogP contribution in [-0.4, -0.2) is 5.97 Å². The lowest BCUT2D eigenvalue weighted by Gasteiger charge is -2.00. The van der Waals surface area contributed by atoms with E-state index in [-0.39, 0.29) is 5.97 Å². The summed E-state index contributed by atoms with van der Waals surface area (Å²) in [5.74, 6) is 0.397. The second-order valence-electron chi connectivity index (χ2n) is 3.60. The lowest BCUT2D eigenvalue weighted by Crippen LogP contribution is -2.05. The Labute approximate surface area is 96.9 Å². The van der Waals surface area contributed by atoms with Gasteiger partial charge in [0.05, 0.1) is 6.42 Å². The molecule has 0 heterocycles. The van der Waals surface area contributed by atoms with Crippen LogP contribution in [0, 0.1) is 0 Å². The molecule has 0 aromatic heterocycles. The molecule has 0 bridgehead atoms. The van der Waals surface area contributed by atoms with E-state index in [4.69, 9.17) is 4.74 Å². The number of esters is 1. The molecule has 0 atom stereocenters. The van der Waals surface area contributed by atoms with Crippen molar-refractivity contribution in [2.45, 2.75) is 32.6 Å². The summed E-state index contributed by atoms with van der Waals surface area (Å²) in [5.41, 5.74) is 0. The first-order valence-electron chi connectivity index (χ1n) is 5.73. The molecule has 0 spiro atoms.